The van der Waals surface area contributed by atoms with E-state index in [1.54, 1.807) is 35.0 Å². The van der Waals surface area contributed by atoms with Gasteiger partial charge in [0.2, 0.25) is 6.79 Å². The maximum Gasteiger partial charge on any atom is 0.276 e. The summed E-state index contributed by atoms with van der Waals surface area (Å²) in [7, 11) is 0. The molecule has 0 unspecified atom stereocenters. The smallest absolute Gasteiger partial charge is 0.276 e. The molecule has 0 radical (unpaired) electrons. The molecule has 2 aromatic carbocycles. The first-order chi connectivity index (χ1) is 12.6. The van der Waals surface area contributed by atoms with Crippen molar-refractivity contribution in [2.45, 2.75) is 13.5 Å². The number of aryl methyl sites for hydroxylation is 1. The number of nitrogens with zero attached hydrogens (tertiary/aromatic N) is 2. The van der Waals surface area contributed by atoms with Crippen LogP contribution in [0.25, 0.3) is 11.3 Å². The number of ether oxygens (including phenoxy) is 2. The lowest BCUT2D eigenvalue weighted by molar-refractivity contribution is 0.102. The number of carbonyl (C=O) groups is 1. The summed E-state index contributed by atoms with van der Waals surface area (Å²) in [4.78, 5) is 12.5. The van der Waals surface area contributed by atoms with Gasteiger partial charge in [0.25, 0.3) is 5.91 Å². The van der Waals surface area contributed by atoms with Crippen LogP contribution in [-0.2, 0) is 6.54 Å². The number of carbonyl (C=O) groups excluding carboxylic acids is 1. The Morgan fingerprint density at radius 2 is 1.92 bits per heavy atom. The van der Waals surface area contributed by atoms with Gasteiger partial charge in [-0.15, -0.1) is 0 Å². The minimum Gasteiger partial charge on any atom is -0.454 e. The number of hydrogen-bond donors (Lipinski definition) is 1. The highest BCUT2D eigenvalue weighted by molar-refractivity contribution is 6.30. The first kappa shape index (κ1) is 16.5. The minimum atomic E-state index is -0.276. The van der Waals surface area contributed by atoms with E-state index in [4.69, 9.17) is 21.1 Å². The van der Waals surface area contributed by atoms with Crippen LogP contribution in [0.4, 0.5) is 5.69 Å². The highest BCUT2D eigenvalue weighted by atomic mass is 35.5. The summed E-state index contributed by atoms with van der Waals surface area (Å²) < 4.78 is 12.6. The van der Waals surface area contributed by atoms with Crippen molar-refractivity contribution in [3.8, 4) is 22.8 Å². The molecule has 2 heterocycles. The van der Waals surface area contributed by atoms with Gasteiger partial charge in [-0.05, 0) is 55.5 Å². The van der Waals surface area contributed by atoms with Crippen LogP contribution in [0.1, 0.15) is 17.4 Å². The lowest BCUT2D eigenvalue weighted by Gasteiger charge is -2.05. The van der Waals surface area contributed by atoms with Crippen LogP contribution in [0, 0.1) is 0 Å². The Morgan fingerprint density at radius 3 is 2.69 bits per heavy atom. The molecule has 0 fully saturated rings. The van der Waals surface area contributed by atoms with E-state index >= 15 is 0 Å². The van der Waals surface area contributed by atoms with Crippen molar-refractivity contribution in [2.24, 2.45) is 0 Å². The normalized spacial score (nSPS) is 12.2. The standard InChI is InChI=1S/C19H16ClN3O3/c1-2-23-16(12-3-8-17-18(9-12)26-11-25-17)10-15(22-23)19(24)21-14-6-4-13(20)5-7-14/h3-10H,2,11H2,1H3,(H,21,24). The van der Waals surface area contributed by atoms with Crippen molar-refractivity contribution in [1.82, 2.24) is 9.78 Å². The highest BCUT2D eigenvalue weighted by Gasteiger charge is 2.18. The van der Waals surface area contributed by atoms with E-state index in [1.807, 2.05) is 25.1 Å². The Morgan fingerprint density at radius 1 is 1.15 bits per heavy atom. The van der Waals surface area contributed by atoms with Crippen molar-refractivity contribution >= 4 is 23.2 Å². The highest BCUT2D eigenvalue weighted by Crippen LogP contribution is 2.36. The lowest BCUT2D eigenvalue weighted by atomic mass is 10.1. The first-order valence-corrected chi connectivity index (χ1v) is 8.56. The van der Waals surface area contributed by atoms with Gasteiger partial charge in [0.05, 0.1) is 5.69 Å². The SMILES string of the molecule is CCn1nc(C(=O)Nc2ccc(Cl)cc2)cc1-c1ccc2c(c1)OCO2. The zero-order valence-corrected chi connectivity index (χ0v) is 14.8. The molecule has 1 aromatic heterocycles. The molecule has 1 aliphatic rings. The third kappa shape index (κ3) is 3.11. The fourth-order valence-corrected chi connectivity index (χ4v) is 2.91. The maximum atomic E-state index is 12.5. The molecule has 0 saturated carbocycles. The van der Waals surface area contributed by atoms with Crippen LogP contribution in [0.3, 0.4) is 0 Å². The maximum absolute atomic E-state index is 12.5. The quantitative estimate of drug-likeness (QED) is 0.748. The van der Waals surface area contributed by atoms with Crippen molar-refractivity contribution < 1.29 is 14.3 Å². The lowest BCUT2D eigenvalue weighted by Crippen LogP contribution is -2.13. The predicted molar refractivity (Wildman–Crippen MR) is 98.9 cm³/mol. The predicted octanol–water partition coefficient (Wildman–Crippen LogP) is 4.20. The summed E-state index contributed by atoms with van der Waals surface area (Å²) in [6, 6.07) is 14.4. The van der Waals surface area contributed by atoms with Gasteiger partial charge >= 0.3 is 0 Å². The van der Waals surface area contributed by atoms with E-state index in [1.165, 1.54) is 0 Å². The van der Waals surface area contributed by atoms with Crippen LogP contribution >= 0.6 is 11.6 Å². The molecule has 1 amide bonds. The topological polar surface area (TPSA) is 65.4 Å². The van der Waals surface area contributed by atoms with Gasteiger partial charge in [-0.25, -0.2) is 0 Å². The first-order valence-electron chi connectivity index (χ1n) is 8.19. The van der Waals surface area contributed by atoms with Crippen LogP contribution < -0.4 is 14.8 Å². The van der Waals surface area contributed by atoms with Crippen LogP contribution in [0.2, 0.25) is 5.02 Å². The molecule has 7 heteroatoms. The monoisotopic (exact) mass is 369 g/mol. The van der Waals surface area contributed by atoms with E-state index in [0.29, 0.717) is 28.7 Å². The van der Waals surface area contributed by atoms with Crippen LogP contribution in [0.15, 0.2) is 48.5 Å². The molecule has 0 saturated heterocycles. The molecule has 6 nitrogen and oxygen atoms in total. The fraction of sp³-hybridized carbons (Fsp3) is 0.158. The number of fused-ring (bicyclic) bond motifs is 1. The molecule has 0 aliphatic carbocycles. The molecule has 1 N–H and O–H groups in total. The van der Waals surface area contributed by atoms with Crippen molar-refractivity contribution in [3.63, 3.8) is 0 Å². The zero-order valence-electron chi connectivity index (χ0n) is 14.0. The summed E-state index contributed by atoms with van der Waals surface area (Å²) in [5, 5.41) is 7.86. The number of amides is 1. The van der Waals surface area contributed by atoms with Gasteiger partial charge in [0.15, 0.2) is 17.2 Å². The number of anilines is 1. The molecule has 0 atom stereocenters. The molecule has 26 heavy (non-hydrogen) atoms. The van der Waals surface area contributed by atoms with Crippen molar-refractivity contribution in [3.05, 3.63) is 59.2 Å². The number of rotatable bonds is 4. The second-order valence-electron chi connectivity index (χ2n) is 5.76. The molecule has 0 spiro atoms. The third-order valence-corrected chi connectivity index (χ3v) is 4.33. The van der Waals surface area contributed by atoms with Crippen LogP contribution in [-0.4, -0.2) is 22.5 Å². The Balaban J connectivity index is 1.62. The van der Waals surface area contributed by atoms with E-state index in [-0.39, 0.29) is 12.7 Å². The van der Waals surface area contributed by atoms with Gasteiger partial charge < -0.3 is 14.8 Å². The van der Waals surface area contributed by atoms with Gasteiger partial charge in [0.1, 0.15) is 0 Å². The second-order valence-corrected chi connectivity index (χ2v) is 6.20. The van der Waals surface area contributed by atoms with Gasteiger partial charge in [-0.3, -0.25) is 9.48 Å². The summed E-state index contributed by atoms with van der Waals surface area (Å²) in [6.07, 6.45) is 0. The summed E-state index contributed by atoms with van der Waals surface area (Å²) in [5.74, 6) is 1.14. The summed E-state index contributed by atoms with van der Waals surface area (Å²) in [5.41, 5.74) is 2.76. The molecule has 3 aromatic rings. The van der Waals surface area contributed by atoms with E-state index in [9.17, 15) is 4.79 Å². The second kappa shape index (κ2) is 6.72. The fourth-order valence-electron chi connectivity index (χ4n) is 2.79. The Kier molecular flexibility index (Phi) is 4.26. The molecular weight excluding hydrogens is 354 g/mol. The number of benzene rings is 2. The van der Waals surface area contributed by atoms with Crippen LogP contribution in [0.5, 0.6) is 11.5 Å². The number of halogens is 1. The molecule has 1 aliphatic heterocycles. The average Bonchev–Trinajstić information content (AvgIpc) is 3.29. The van der Waals surface area contributed by atoms with Crippen molar-refractivity contribution in [1.29, 1.82) is 0 Å². The number of hydrogen-bond acceptors (Lipinski definition) is 4. The molecule has 0 bridgehead atoms. The third-order valence-electron chi connectivity index (χ3n) is 4.08. The molecule has 4 rings (SSSR count). The van der Waals surface area contributed by atoms with E-state index in [0.717, 1.165) is 17.0 Å². The Bertz CT molecular complexity index is 967. The van der Waals surface area contributed by atoms with Gasteiger partial charge in [-0.1, -0.05) is 11.6 Å². The van der Waals surface area contributed by atoms with E-state index in [2.05, 4.69) is 10.4 Å². The largest absolute Gasteiger partial charge is 0.454 e. The minimum absolute atomic E-state index is 0.223. The Labute approximate surface area is 155 Å². The zero-order chi connectivity index (χ0) is 18.1. The summed E-state index contributed by atoms with van der Waals surface area (Å²) in [6.45, 7) is 2.84. The van der Waals surface area contributed by atoms with Gasteiger partial charge in [-0.2, -0.15) is 5.10 Å². The average molecular weight is 370 g/mol. The summed E-state index contributed by atoms with van der Waals surface area (Å²) >= 11 is 5.87. The number of aromatic nitrogens is 2. The Hall–Kier alpha value is -2.99. The van der Waals surface area contributed by atoms with Gasteiger partial charge in [0, 0.05) is 22.8 Å². The van der Waals surface area contributed by atoms with E-state index < -0.39 is 0 Å². The molecular formula is C19H16ClN3O3. The van der Waals surface area contributed by atoms with Crippen molar-refractivity contribution in [2.75, 3.05) is 12.1 Å². The molecule has 132 valence electrons. The number of nitrogens with one attached hydrogen (secondary N) is 1.